The van der Waals surface area contributed by atoms with Crippen molar-refractivity contribution < 1.29 is 10.1 Å². The van der Waals surface area contributed by atoms with Gasteiger partial charge in [-0.2, -0.15) is 0 Å². The first-order chi connectivity index (χ1) is 8.35. The molecule has 0 atom stereocenters. The standard InChI is InChI=1S/C14H15NO2/c1-2-15(12-7-4-3-5-8-12)13-9-6-10-14(11-13)17-16/h3-11,16H,2H2,1H3. The van der Waals surface area contributed by atoms with E-state index in [-0.39, 0.29) is 0 Å². The van der Waals surface area contributed by atoms with Crippen molar-refractivity contribution in [3.63, 3.8) is 0 Å². The Kier molecular flexibility index (Phi) is 3.62. The van der Waals surface area contributed by atoms with Gasteiger partial charge < -0.3 is 9.79 Å². The van der Waals surface area contributed by atoms with E-state index in [1.54, 1.807) is 12.1 Å². The third-order valence-corrected chi connectivity index (χ3v) is 2.62. The maximum Gasteiger partial charge on any atom is 0.167 e. The molecule has 0 aromatic heterocycles. The van der Waals surface area contributed by atoms with Crippen LogP contribution in [0.4, 0.5) is 11.4 Å². The van der Waals surface area contributed by atoms with Gasteiger partial charge in [0.1, 0.15) is 0 Å². The third kappa shape index (κ3) is 2.57. The van der Waals surface area contributed by atoms with Gasteiger partial charge in [0.25, 0.3) is 0 Å². The molecule has 0 aliphatic carbocycles. The van der Waals surface area contributed by atoms with E-state index >= 15 is 0 Å². The molecular weight excluding hydrogens is 214 g/mol. The van der Waals surface area contributed by atoms with Crippen LogP contribution in [0.25, 0.3) is 0 Å². The van der Waals surface area contributed by atoms with Crippen LogP contribution in [0.5, 0.6) is 5.75 Å². The van der Waals surface area contributed by atoms with Crippen LogP contribution in [-0.2, 0) is 0 Å². The van der Waals surface area contributed by atoms with Crippen molar-refractivity contribution in [3.8, 4) is 5.75 Å². The van der Waals surface area contributed by atoms with E-state index in [9.17, 15) is 0 Å². The normalized spacial score (nSPS) is 10.0. The zero-order valence-electron chi connectivity index (χ0n) is 9.71. The van der Waals surface area contributed by atoms with Crippen LogP contribution < -0.4 is 9.79 Å². The topological polar surface area (TPSA) is 32.7 Å². The molecule has 17 heavy (non-hydrogen) atoms. The van der Waals surface area contributed by atoms with Crippen molar-refractivity contribution in [1.82, 2.24) is 0 Å². The molecule has 0 radical (unpaired) electrons. The molecule has 0 aliphatic rings. The summed E-state index contributed by atoms with van der Waals surface area (Å²) in [6.07, 6.45) is 0. The first-order valence-corrected chi connectivity index (χ1v) is 5.59. The second-order valence-corrected chi connectivity index (χ2v) is 3.67. The quantitative estimate of drug-likeness (QED) is 0.641. The number of rotatable bonds is 4. The van der Waals surface area contributed by atoms with E-state index in [1.165, 1.54) is 0 Å². The molecule has 0 aliphatic heterocycles. The Bertz CT molecular complexity index is 471. The summed E-state index contributed by atoms with van der Waals surface area (Å²) < 4.78 is 0. The van der Waals surface area contributed by atoms with Gasteiger partial charge in [0.15, 0.2) is 5.75 Å². The molecule has 0 saturated heterocycles. The lowest BCUT2D eigenvalue weighted by molar-refractivity contribution is -0.137. The van der Waals surface area contributed by atoms with Gasteiger partial charge in [-0.1, -0.05) is 24.3 Å². The van der Waals surface area contributed by atoms with Gasteiger partial charge in [-0.15, -0.1) is 0 Å². The maximum atomic E-state index is 8.67. The average molecular weight is 229 g/mol. The van der Waals surface area contributed by atoms with Crippen molar-refractivity contribution in [2.24, 2.45) is 0 Å². The summed E-state index contributed by atoms with van der Waals surface area (Å²) in [5, 5.41) is 8.67. The van der Waals surface area contributed by atoms with E-state index in [2.05, 4.69) is 28.8 Å². The van der Waals surface area contributed by atoms with E-state index in [0.29, 0.717) is 5.75 Å². The Morgan fingerprint density at radius 1 is 1.00 bits per heavy atom. The first kappa shape index (κ1) is 11.5. The van der Waals surface area contributed by atoms with Gasteiger partial charge in [-0.3, -0.25) is 0 Å². The molecule has 88 valence electrons. The summed E-state index contributed by atoms with van der Waals surface area (Å²) in [4.78, 5) is 6.40. The van der Waals surface area contributed by atoms with E-state index in [1.807, 2.05) is 30.3 Å². The van der Waals surface area contributed by atoms with Crippen LogP contribution in [0.15, 0.2) is 54.6 Å². The van der Waals surface area contributed by atoms with Gasteiger partial charge in [-0.25, -0.2) is 5.26 Å². The molecule has 0 amide bonds. The van der Waals surface area contributed by atoms with Crippen molar-refractivity contribution in [2.45, 2.75) is 6.92 Å². The molecular formula is C14H15NO2. The maximum absolute atomic E-state index is 8.67. The fourth-order valence-electron chi connectivity index (χ4n) is 1.83. The largest absolute Gasteiger partial charge is 0.342 e. The van der Waals surface area contributed by atoms with Gasteiger partial charge in [-0.05, 0) is 31.2 Å². The molecule has 0 spiro atoms. The van der Waals surface area contributed by atoms with Crippen molar-refractivity contribution in [1.29, 1.82) is 0 Å². The number of nitrogens with zero attached hydrogens (tertiary/aromatic N) is 1. The molecule has 2 aromatic carbocycles. The molecule has 0 heterocycles. The number of benzene rings is 2. The SMILES string of the molecule is CCN(c1ccccc1)c1cccc(OO)c1. The summed E-state index contributed by atoms with van der Waals surface area (Å²) in [6.45, 7) is 2.93. The summed E-state index contributed by atoms with van der Waals surface area (Å²) in [5.41, 5.74) is 2.11. The van der Waals surface area contributed by atoms with Crippen molar-refractivity contribution in [3.05, 3.63) is 54.6 Å². The average Bonchev–Trinajstić information content (AvgIpc) is 2.41. The van der Waals surface area contributed by atoms with Gasteiger partial charge in [0, 0.05) is 24.0 Å². The summed E-state index contributed by atoms with van der Waals surface area (Å²) in [5.74, 6) is 0.442. The monoisotopic (exact) mass is 229 g/mol. The van der Waals surface area contributed by atoms with Crippen LogP contribution >= 0.6 is 0 Å². The zero-order chi connectivity index (χ0) is 12.1. The summed E-state index contributed by atoms with van der Waals surface area (Å²) in [7, 11) is 0. The minimum atomic E-state index is 0.442. The van der Waals surface area contributed by atoms with Crippen LogP contribution in [0.3, 0.4) is 0 Å². The molecule has 0 fully saturated rings. The van der Waals surface area contributed by atoms with Crippen LogP contribution in [-0.4, -0.2) is 11.8 Å². The molecule has 0 bridgehead atoms. The van der Waals surface area contributed by atoms with Crippen LogP contribution in [0.2, 0.25) is 0 Å². The van der Waals surface area contributed by atoms with Gasteiger partial charge >= 0.3 is 0 Å². The number of hydrogen-bond acceptors (Lipinski definition) is 3. The number of hydrogen-bond donors (Lipinski definition) is 1. The highest BCUT2D eigenvalue weighted by Crippen LogP contribution is 2.27. The summed E-state index contributed by atoms with van der Waals surface area (Å²) in [6, 6.07) is 17.5. The Morgan fingerprint density at radius 3 is 2.35 bits per heavy atom. The number of anilines is 2. The fourth-order valence-corrected chi connectivity index (χ4v) is 1.83. The highest BCUT2D eigenvalue weighted by molar-refractivity contribution is 5.64. The molecule has 3 nitrogen and oxygen atoms in total. The van der Waals surface area contributed by atoms with Crippen LogP contribution in [0, 0.1) is 0 Å². The first-order valence-electron chi connectivity index (χ1n) is 5.59. The molecule has 1 N–H and O–H groups in total. The second-order valence-electron chi connectivity index (χ2n) is 3.67. The minimum Gasteiger partial charge on any atom is -0.342 e. The Balaban J connectivity index is 2.35. The Labute approximate surface area is 101 Å². The highest BCUT2D eigenvalue weighted by Gasteiger charge is 2.07. The third-order valence-electron chi connectivity index (χ3n) is 2.62. The molecule has 3 heteroatoms. The lowest BCUT2D eigenvalue weighted by Gasteiger charge is -2.23. The predicted molar refractivity (Wildman–Crippen MR) is 68.8 cm³/mol. The van der Waals surface area contributed by atoms with Crippen LogP contribution in [0.1, 0.15) is 6.92 Å². The predicted octanol–water partition coefficient (Wildman–Crippen LogP) is 3.70. The second kappa shape index (κ2) is 5.37. The zero-order valence-corrected chi connectivity index (χ0v) is 9.71. The fraction of sp³-hybridized carbons (Fsp3) is 0.143. The van der Waals surface area contributed by atoms with Crippen molar-refractivity contribution in [2.75, 3.05) is 11.4 Å². The molecule has 0 saturated carbocycles. The molecule has 0 unspecified atom stereocenters. The smallest absolute Gasteiger partial charge is 0.167 e. The van der Waals surface area contributed by atoms with E-state index in [4.69, 9.17) is 5.26 Å². The highest BCUT2D eigenvalue weighted by atomic mass is 17.1. The van der Waals surface area contributed by atoms with E-state index in [0.717, 1.165) is 17.9 Å². The Hall–Kier alpha value is -2.00. The van der Waals surface area contributed by atoms with Gasteiger partial charge in [0.05, 0.1) is 0 Å². The lowest BCUT2D eigenvalue weighted by atomic mass is 10.2. The molecule has 2 rings (SSSR count). The lowest BCUT2D eigenvalue weighted by Crippen LogP contribution is -2.15. The minimum absolute atomic E-state index is 0.442. The summed E-state index contributed by atoms with van der Waals surface area (Å²) >= 11 is 0. The van der Waals surface area contributed by atoms with E-state index < -0.39 is 0 Å². The Morgan fingerprint density at radius 2 is 1.71 bits per heavy atom. The number of para-hydroxylation sites is 1. The van der Waals surface area contributed by atoms with Crippen molar-refractivity contribution >= 4 is 11.4 Å². The van der Waals surface area contributed by atoms with Gasteiger partial charge in [0.2, 0.25) is 0 Å². The molecule has 2 aromatic rings.